The van der Waals surface area contributed by atoms with Gasteiger partial charge in [-0.25, -0.2) is 9.97 Å². The molecule has 3 N–H and O–H groups in total. The Balaban J connectivity index is 1.07. The van der Waals surface area contributed by atoms with E-state index in [4.69, 9.17) is 19.4 Å². The van der Waals surface area contributed by atoms with E-state index in [0.29, 0.717) is 11.5 Å². The molecule has 6 aromatic carbocycles. The summed E-state index contributed by atoms with van der Waals surface area (Å²) in [4.78, 5) is 9.48. The average molecular weight is 751 g/mol. The van der Waals surface area contributed by atoms with Gasteiger partial charge in [-0.05, 0) is 39.4 Å². The lowest BCUT2D eigenvalue weighted by molar-refractivity contribution is -0.0941. The van der Waals surface area contributed by atoms with E-state index in [0.717, 1.165) is 38.8 Å². The SMILES string of the molecule is O[C@@H]1[C@H](O)[C@@H](COC(c2ccccc2)(c2ccccc2)c2ccccc2)O[C@H]1n1ccc2c(NC(c3ccccc3)(c3ccccc3)c3ccccc3)ncnc21. The zero-order chi connectivity index (χ0) is 38.7. The first kappa shape index (κ1) is 36.2. The third-order valence-electron chi connectivity index (χ3n) is 11.1. The number of nitrogens with one attached hydrogen (secondary N) is 1. The van der Waals surface area contributed by atoms with Gasteiger partial charge in [0.25, 0.3) is 0 Å². The Morgan fingerprint density at radius 1 is 0.544 bits per heavy atom. The maximum Gasteiger partial charge on any atom is 0.164 e. The molecule has 0 bridgehead atoms. The van der Waals surface area contributed by atoms with Crippen molar-refractivity contribution in [3.05, 3.63) is 234 Å². The first-order valence-corrected chi connectivity index (χ1v) is 19.2. The molecule has 1 saturated heterocycles. The Kier molecular flexibility index (Phi) is 9.92. The molecule has 3 heterocycles. The second kappa shape index (κ2) is 15.6. The number of hydrogen-bond donors (Lipinski definition) is 3. The van der Waals surface area contributed by atoms with E-state index in [1.54, 1.807) is 4.57 Å². The number of nitrogens with zero attached hydrogens (tertiary/aromatic N) is 3. The fourth-order valence-electron chi connectivity index (χ4n) is 8.31. The monoisotopic (exact) mass is 750 g/mol. The molecule has 8 nitrogen and oxygen atoms in total. The van der Waals surface area contributed by atoms with Crippen LogP contribution in [0.1, 0.15) is 39.6 Å². The molecule has 57 heavy (non-hydrogen) atoms. The maximum atomic E-state index is 11.6. The third kappa shape index (κ3) is 6.48. The van der Waals surface area contributed by atoms with E-state index >= 15 is 0 Å². The molecule has 4 atom stereocenters. The van der Waals surface area contributed by atoms with Crippen molar-refractivity contribution >= 4 is 16.9 Å². The summed E-state index contributed by atoms with van der Waals surface area (Å²) < 4.78 is 15.3. The fraction of sp³-hybridized carbons (Fsp3) is 0.143. The maximum absolute atomic E-state index is 11.6. The van der Waals surface area contributed by atoms with Gasteiger partial charge in [0.2, 0.25) is 0 Å². The van der Waals surface area contributed by atoms with Crippen LogP contribution < -0.4 is 5.32 Å². The highest BCUT2D eigenvalue weighted by Gasteiger charge is 2.47. The molecular formula is C49H42N4O4. The molecule has 0 radical (unpaired) electrons. The number of aliphatic hydroxyl groups is 2. The molecule has 8 aromatic rings. The standard InChI is InChI=1S/C49H42N4O4/c54-43-42(33-56-49(38-25-13-4-14-26-38,39-27-15-5-16-28-39)40-29-17-6-18-30-40)57-47(44(43)55)53-32-31-41-45(50-34-51-46(41)53)52-48(35-19-7-1-8-20-35,36-21-9-2-10-22-36)37-23-11-3-12-24-37/h1-32,34,42-44,47,54-55H,33H2,(H,50,51,52)/t42-,43-,44-,47-/m1/s1. The smallest absolute Gasteiger partial charge is 0.164 e. The van der Waals surface area contributed by atoms with E-state index in [1.165, 1.54) is 6.33 Å². The average Bonchev–Trinajstić information content (AvgIpc) is 3.85. The number of aromatic nitrogens is 3. The van der Waals surface area contributed by atoms with E-state index in [1.807, 2.05) is 158 Å². The van der Waals surface area contributed by atoms with Crippen LogP contribution in [0.25, 0.3) is 11.0 Å². The normalized spacial score (nSPS) is 18.4. The van der Waals surface area contributed by atoms with Gasteiger partial charge >= 0.3 is 0 Å². The quantitative estimate of drug-likeness (QED) is 0.108. The van der Waals surface area contributed by atoms with Crippen molar-refractivity contribution in [1.82, 2.24) is 14.5 Å². The number of fused-ring (bicyclic) bond motifs is 1. The van der Waals surface area contributed by atoms with Crippen molar-refractivity contribution in [2.75, 3.05) is 11.9 Å². The molecule has 1 aliphatic heterocycles. The van der Waals surface area contributed by atoms with Gasteiger partial charge in [0.15, 0.2) is 6.23 Å². The van der Waals surface area contributed by atoms with Crippen LogP contribution >= 0.6 is 0 Å². The molecule has 0 amide bonds. The lowest BCUT2D eigenvalue weighted by Crippen LogP contribution is -2.39. The lowest BCUT2D eigenvalue weighted by atomic mass is 9.77. The molecule has 282 valence electrons. The second-order valence-electron chi connectivity index (χ2n) is 14.3. The molecule has 8 heteroatoms. The van der Waals surface area contributed by atoms with Crippen LogP contribution in [0.2, 0.25) is 0 Å². The minimum Gasteiger partial charge on any atom is -0.387 e. The molecule has 2 aromatic heterocycles. The van der Waals surface area contributed by atoms with Gasteiger partial charge in [-0.3, -0.25) is 0 Å². The Morgan fingerprint density at radius 3 is 1.40 bits per heavy atom. The molecule has 1 fully saturated rings. The number of rotatable bonds is 12. The summed E-state index contributed by atoms with van der Waals surface area (Å²) in [6.07, 6.45) is -0.980. The van der Waals surface area contributed by atoms with Gasteiger partial charge in [0.05, 0.1) is 12.0 Å². The van der Waals surface area contributed by atoms with Crippen LogP contribution in [0.4, 0.5) is 5.82 Å². The molecule has 9 rings (SSSR count). The highest BCUT2D eigenvalue weighted by molar-refractivity contribution is 5.88. The van der Waals surface area contributed by atoms with Crippen LogP contribution in [0.3, 0.4) is 0 Å². The number of anilines is 1. The molecule has 0 unspecified atom stereocenters. The first-order chi connectivity index (χ1) is 28.1. The van der Waals surface area contributed by atoms with Crippen LogP contribution in [0.5, 0.6) is 0 Å². The van der Waals surface area contributed by atoms with Gasteiger partial charge in [0, 0.05) is 6.20 Å². The zero-order valence-electron chi connectivity index (χ0n) is 31.1. The van der Waals surface area contributed by atoms with Gasteiger partial charge in [-0.2, -0.15) is 0 Å². The predicted molar refractivity (Wildman–Crippen MR) is 221 cm³/mol. The molecule has 0 saturated carbocycles. The van der Waals surface area contributed by atoms with Gasteiger partial charge in [-0.1, -0.05) is 182 Å². The van der Waals surface area contributed by atoms with Crippen LogP contribution in [-0.2, 0) is 20.6 Å². The van der Waals surface area contributed by atoms with Gasteiger partial charge in [-0.15, -0.1) is 0 Å². The fourth-order valence-corrected chi connectivity index (χ4v) is 8.31. The van der Waals surface area contributed by atoms with Gasteiger partial charge < -0.3 is 29.6 Å². The number of ether oxygens (including phenoxy) is 2. The molecule has 0 aliphatic carbocycles. The number of hydrogen-bond acceptors (Lipinski definition) is 7. The molecular weight excluding hydrogens is 709 g/mol. The summed E-state index contributed by atoms with van der Waals surface area (Å²) in [6.45, 7) is -0.0118. The summed E-state index contributed by atoms with van der Waals surface area (Å²) in [5.74, 6) is 0.599. The number of benzene rings is 6. The first-order valence-electron chi connectivity index (χ1n) is 19.2. The van der Waals surface area contributed by atoms with E-state index in [2.05, 4.69) is 41.7 Å². The Labute approximate surface area is 331 Å². The van der Waals surface area contributed by atoms with E-state index in [-0.39, 0.29) is 6.61 Å². The van der Waals surface area contributed by atoms with Gasteiger partial charge in [0.1, 0.15) is 47.2 Å². The highest BCUT2D eigenvalue weighted by atomic mass is 16.6. The summed E-state index contributed by atoms with van der Waals surface area (Å²) in [7, 11) is 0. The Bertz CT molecular complexity index is 2330. The van der Waals surface area contributed by atoms with Crippen molar-refractivity contribution < 1.29 is 19.7 Å². The second-order valence-corrected chi connectivity index (χ2v) is 14.3. The van der Waals surface area contributed by atoms with Crippen molar-refractivity contribution in [3.63, 3.8) is 0 Å². The van der Waals surface area contributed by atoms with Crippen molar-refractivity contribution in [1.29, 1.82) is 0 Å². The Morgan fingerprint density at radius 2 is 0.965 bits per heavy atom. The van der Waals surface area contributed by atoms with Crippen molar-refractivity contribution in [3.8, 4) is 0 Å². The van der Waals surface area contributed by atoms with Crippen LogP contribution in [0.15, 0.2) is 201 Å². The predicted octanol–water partition coefficient (Wildman–Crippen LogP) is 8.46. The van der Waals surface area contributed by atoms with Crippen LogP contribution in [-0.4, -0.2) is 49.7 Å². The minimum atomic E-state index is -1.27. The van der Waals surface area contributed by atoms with Crippen molar-refractivity contribution in [2.45, 2.75) is 35.7 Å². The van der Waals surface area contributed by atoms with E-state index < -0.39 is 35.7 Å². The molecule has 0 spiro atoms. The minimum absolute atomic E-state index is 0.0118. The number of aliphatic hydroxyl groups excluding tert-OH is 2. The molecule has 1 aliphatic rings. The summed E-state index contributed by atoms with van der Waals surface area (Å²) in [5.41, 5.74) is 4.59. The largest absolute Gasteiger partial charge is 0.387 e. The van der Waals surface area contributed by atoms with Crippen LogP contribution in [0, 0.1) is 0 Å². The summed E-state index contributed by atoms with van der Waals surface area (Å²) >= 11 is 0. The van der Waals surface area contributed by atoms with E-state index in [9.17, 15) is 10.2 Å². The topological polar surface area (TPSA) is 102 Å². The lowest BCUT2D eigenvalue weighted by Gasteiger charge is -2.37. The Hall–Kier alpha value is -6.42. The summed E-state index contributed by atoms with van der Waals surface area (Å²) in [5, 5.41) is 27.8. The van der Waals surface area contributed by atoms with Crippen molar-refractivity contribution in [2.24, 2.45) is 0 Å². The summed E-state index contributed by atoms with van der Waals surface area (Å²) in [6, 6.07) is 63.0. The highest BCUT2D eigenvalue weighted by Crippen LogP contribution is 2.44. The zero-order valence-corrected chi connectivity index (χ0v) is 31.1. The third-order valence-corrected chi connectivity index (χ3v) is 11.1.